The summed E-state index contributed by atoms with van der Waals surface area (Å²) in [5, 5.41) is 15.8. The Morgan fingerprint density at radius 2 is 2.29 bits per heavy atom. The molecule has 6 nitrogen and oxygen atoms in total. The second-order valence-corrected chi connectivity index (χ2v) is 4.83. The number of nitrogens with zero attached hydrogens (tertiary/aromatic N) is 1. The summed E-state index contributed by atoms with van der Waals surface area (Å²) in [6.07, 6.45) is 1.64. The van der Waals surface area contributed by atoms with Gasteiger partial charge < -0.3 is 10.3 Å². The van der Waals surface area contributed by atoms with Gasteiger partial charge in [-0.25, -0.2) is 4.79 Å². The van der Waals surface area contributed by atoms with E-state index in [0.29, 0.717) is 30.6 Å². The van der Waals surface area contributed by atoms with E-state index in [4.69, 9.17) is 0 Å². The van der Waals surface area contributed by atoms with E-state index >= 15 is 0 Å². The van der Waals surface area contributed by atoms with Gasteiger partial charge in [0, 0.05) is 6.42 Å². The van der Waals surface area contributed by atoms with E-state index < -0.39 is 12.8 Å². The zero-order chi connectivity index (χ0) is 12.8. The number of aromatic amines is 1. The lowest BCUT2D eigenvalue weighted by Gasteiger charge is -2.18. The lowest BCUT2D eigenvalue weighted by molar-refractivity contribution is 0.362. The van der Waals surface area contributed by atoms with Crippen molar-refractivity contribution >= 4 is 7.05 Å². The van der Waals surface area contributed by atoms with Crippen LogP contribution in [0.25, 0.3) is 0 Å². The smallest absolute Gasteiger partial charge is 0.437 e. The molecule has 1 heterocycles. The molecule has 96 valence electrons. The largest absolute Gasteiger partial charge is 0.438 e. The fourth-order valence-corrected chi connectivity index (χ4v) is 1.86. The van der Waals surface area contributed by atoms with Crippen LogP contribution in [-0.2, 0) is 6.42 Å². The van der Waals surface area contributed by atoms with Crippen molar-refractivity contribution in [2.45, 2.75) is 33.5 Å². The van der Waals surface area contributed by atoms with Gasteiger partial charge in [-0.05, 0) is 31.6 Å². The number of aromatic nitrogens is 2. The number of hydrogen-bond donors (Lipinski definition) is 3. The fourth-order valence-electron chi connectivity index (χ4n) is 1.86. The monoisotopic (exact) mass is 241 g/mol. The van der Waals surface area contributed by atoms with E-state index in [1.165, 1.54) is 0 Å². The molecule has 1 rings (SSSR count). The SMILES string of the molecule is CB(O)NCC(Cc1noc(=O)[nH]1)CC(C)C. The van der Waals surface area contributed by atoms with Gasteiger partial charge in [0.25, 0.3) is 0 Å². The van der Waals surface area contributed by atoms with Crippen LogP contribution >= 0.6 is 0 Å². The quantitative estimate of drug-likeness (QED) is 0.596. The molecule has 0 aliphatic rings. The van der Waals surface area contributed by atoms with E-state index in [2.05, 4.69) is 33.7 Å². The molecule has 0 saturated heterocycles. The zero-order valence-corrected chi connectivity index (χ0v) is 10.6. The van der Waals surface area contributed by atoms with Crippen LogP contribution < -0.4 is 11.0 Å². The Labute approximate surface area is 101 Å². The van der Waals surface area contributed by atoms with Crippen LogP contribution in [0.1, 0.15) is 26.1 Å². The molecule has 1 aromatic rings. The third kappa shape index (κ3) is 5.69. The fraction of sp³-hybridized carbons (Fsp3) is 0.800. The molecule has 1 aromatic heterocycles. The Hall–Kier alpha value is -1.08. The number of hydrogen-bond acceptors (Lipinski definition) is 5. The van der Waals surface area contributed by atoms with Gasteiger partial charge in [-0.15, -0.1) is 0 Å². The Kier molecular flexibility index (Phi) is 5.44. The first kappa shape index (κ1) is 14.0. The van der Waals surface area contributed by atoms with Crippen LogP contribution in [0.4, 0.5) is 0 Å². The number of rotatable bonds is 7. The standard InChI is InChI=1S/C10H20BN3O3/c1-7(2)4-8(6-12-11(3)16)5-9-13-10(15)17-14-9/h7-8,12,16H,4-6H2,1-3H3,(H,13,14,15). The first-order valence-electron chi connectivity index (χ1n) is 5.93. The van der Waals surface area contributed by atoms with Gasteiger partial charge in [-0.1, -0.05) is 19.0 Å². The molecular weight excluding hydrogens is 221 g/mol. The number of nitrogens with one attached hydrogen (secondary N) is 2. The van der Waals surface area contributed by atoms with Crippen LogP contribution in [0.3, 0.4) is 0 Å². The summed E-state index contributed by atoms with van der Waals surface area (Å²) in [5.74, 6) is 0.902. The van der Waals surface area contributed by atoms with Gasteiger partial charge >= 0.3 is 12.8 Å². The van der Waals surface area contributed by atoms with Gasteiger partial charge in [0.15, 0.2) is 5.82 Å². The van der Waals surface area contributed by atoms with Gasteiger partial charge in [-0.2, -0.15) is 0 Å². The summed E-state index contributed by atoms with van der Waals surface area (Å²) in [5.41, 5.74) is 0. The number of H-pyrrole nitrogens is 1. The van der Waals surface area contributed by atoms with Crippen LogP contribution in [-0.4, -0.2) is 28.8 Å². The minimum Gasteiger partial charge on any atom is -0.437 e. The van der Waals surface area contributed by atoms with Gasteiger partial charge in [0.05, 0.1) is 0 Å². The van der Waals surface area contributed by atoms with Crippen LogP contribution in [0.5, 0.6) is 0 Å². The minimum absolute atomic E-state index is 0.311. The predicted octanol–water partition coefficient (Wildman–Crippen LogP) is 0.268. The molecule has 0 fully saturated rings. The third-order valence-corrected chi connectivity index (χ3v) is 2.47. The minimum atomic E-state index is -0.527. The van der Waals surface area contributed by atoms with E-state index in [9.17, 15) is 9.82 Å². The predicted molar refractivity (Wildman–Crippen MR) is 65.6 cm³/mol. The van der Waals surface area contributed by atoms with Crippen LogP contribution in [0.15, 0.2) is 9.32 Å². The van der Waals surface area contributed by atoms with E-state index in [0.717, 1.165) is 6.42 Å². The van der Waals surface area contributed by atoms with Gasteiger partial charge in [0.2, 0.25) is 0 Å². The van der Waals surface area contributed by atoms with Gasteiger partial charge in [0.1, 0.15) is 0 Å². The van der Waals surface area contributed by atoms with Crippen molar-refractivity contribution in [2.75, 3.05) is 6.54 Å². The summed E-state index contributed by atoms with van der Waals surface area (Å²) in [6.45, 7) is 6.65. The average Bonchev–Trinajstić information content (AvgIpc) is 2.59. The summed E-state index contributed by atoms with van der Waals surface area (Å²) >= 11 is 0. The Bertz CT molecular complexity index is 375. The molecule has 0 aliphatic heterocycles. The molecule has 0 saturated carbocycles. The molecule has 0 aliphatic carbocycles. The molecule has 1 atom stereocenters. The molecule has 0 spiro atoms. The van der Waals surface area contributed by atoms with Gasteiger partial charge in [-0.3, -0.25) is 9.51 Å². The van der Waals surface area contributed by atoms with Crippen molar-refractivity contribution in [3.63, 3.8) is 0 Å². The highest BCUT2D eigenvalue weighted by Gasteiger charge is 2.16. The Morgan fingerprint density at radius 1 is 1.59 bits per heavy atom. The molecule has 1 unspecified atom stereocenters. The van der Waals surface area contributed by atoms with E-state index in [-0.39, 0.29) is 0 Å². The third-order valence-electron chi connectivity index (χ3n) is 2.47. The maximum atomic E-state index is 10.8. The highest BCUT2D eigenvalue weighted by Crippen LogP contribution is 2.14. The molecule has 7 heteroatoms. The maximum Gasteiger partial charge on any atom is 0.438 e. The first-order chi connectivity index (χ1) is 7.97. The van der Waals surface area contributed by atoms with Crippen molar-refractivity contribution in [3.05, 3.63) is 16.4 Å². The molecule has 17 heavy (non-hydrogen) atoms. The summed E-state index contributed by atoms with van der Waals surface area (Å²) in [6, 6.07) is 0. The van der Waals surface area contributed by atoms with Crippen molar-refractivity contribution in [3.8, 4) is 0 Å². The van der Waals surface area contributed by atoms with Crippen LogP contribution in [0.2, 0.25) is 6.82 Å². The Morgan fingerprint density at radius 3 is 2.76 bits per heavy atom. The topological polar surface area (TPSA) is 91.2 Å². The summed E-state index contributed by atoms with van der Waals surface area (Å²) in [7, 11) is -0.527. The first-order valence-corrected chi connectivity index (χ1v) is 5.93. The maximum absolute atomic E-state index is 10.8. The zero-order valence-electron chi connectivity index (χ0n) is 10.6. The molecule has 3 N–H and O–H groups in total. The molecular formula is C10H20BN3O3. The van der Waals surface area contributed by atoms with Crippen molar-refractivity contribution in [2.24, 2.45) is 11.8 Å². The van der Waals surface area contributed by atoms with Crippen molar-refractivity contribution in [1.82, 2.24) is 15.4 Å². The molecule has 0 amide bonds. The lowest BCUT2D eigenvalue weighted by atomic mass is 9.86. The summed E-state index contributed by atoms with van der Waals surface area (Å²) < 4.78 is 4.47. The molecule has 0 aromatic carbocycles. The average molecular weight is 241 g/mol. The molecule has 0 radical (unpaired) electrons. The van der Waals surface area contributed by atoms with E-state index in [1.807, 2.05) is 0 Å². The highest BCUT2D eigenvalue weighted by atomic mass is 16.5. The molecule has 0 bridgehead atoms. The second-order valence-electron chi connectivity index (χ2n) is 4.83. The van der Waals surface area contributed by atoms with Crippen molar-refractivity contribution in [1.29, 1.82) is 0 Å². The van der Waals surface area contributed by atoms with Crippen molar-refractivity contribution < 1.29 is 9.55 Å². The second kappa shape index (κ2) is 6.61. The summed E-state index contributed by atoms with van der Waals surface area (Å²) in [4.78, 5) is 13.4. The Balaban J connectivity index is 2.53. The van der Waals surface area contributed by atoms with Crippen LogP contribution in [0, 0.1) is 11.8 Å². The lowest BCUT2D eigenvalue weighted by Crippen LogP contribution is -2.36. The highest BCUT2D eigenvalue weighted by molar-refractivity contribution is 6.45. The normalized spacial score (nSPS) is 13.0. The van der Waals surface area contributed by atoms with E-state index in [1.54, 1.807) is 6.82 Å².